The molecule has 2 rings (SSSR count). The highest BCUT2D eigenvalue weighted by atomic mass is 32.1. The Morgan fingerprint density at radius 3 is 2.52 bits per heavy atom. The minimum atomic E-state index is 0.638. The number of allylic oxidation sites excluding steroid dienone is 1. The van der Waals surface area contributed by atoms with Crippen molar-refractivity contribution in [2.24, 2.45) is 0 Å². The van der Waals surface area contributed by atoms with E-state index < -0.39 is 0 Å². The van der Waals surface area contributed by atoms with Gasteiger partial charge >= 0.3 is 0 Å². The summed E-state index contributed by atoms with van der Waals surface area (Å²) in [4.78, 5) is 5.99. The molecule has 1 aromatic heterocycles. The van der Waals surface area contributed by atoms with Gasteiger partial charge in [-0.1, -0.05) is 58.1 Å². The van der Waals surface area contributed by atoms with Gasteiger partial charge in [0.25, 0.3) is 0 Å². The molecule has 0 aliphatic heterocycles. The van der Waals surface area contributed by atoms with E-state index in [-0.39, 0.29) is 0 Å². The molecule has 25 heavy (non-hydrogen) atoms. The molecule has 0 aliphatic rings. The molecule has 0 saturated heterocycles. The summed E-state index contributed by atoms with van der Waals surface area (Å²) in [5.41, 5.74) is 1.18. The van der Waals surface area contributed by atoms with E-state index in [1.165, 1.54) is 49.0 Å². The van der Waals surface area contributed by atoms with Crippen molar-refractivity contribution in [3.05, 3.63) is 47.5 Å². The maximum Gasteiger partial charge on any atom is 0.123 e. The standard InChI is InChI=1S/C22H31NOS/c1-3-5-7-9-10-12-21-18-23-22(25-21)19-13-15-20(16-14-19)24-17-11-8-6-4-2/h8,11,13-16,18H,3-7,9-10,12,17H2,1-2H3/b11-8+. The molecule has 1 aromatic carbocycles. The lowest BCUT2D eigenvalue weighted by Crippen LogP contribution is -1.92. The number of rotatable bonds is 12. The van der Waals surface area contributed by atoms with Crippen LogP contribution in [-0.4, -0.2) is 11.6 Å². The van der Waals surface area contributed by atoms with E-state index in [4.69, 9.17) is 4.74 Å². The minimum absolute atomic E-state index is 0.638. The van der Waals surface area contributed by atoms with Crippen LogP contribution in [0.25, 0.3) is 10.6 Å². The van der Waals surface area contributed by atoms with Gasteiger partial charge in [0, 0.05) is 16.6 Å². The molecule has 0 spiro atoms. The lowest BCUT2D eigenvalue weighted by atomic mass is 10.1. The molecule has 136 valence electrons. The summed E-state index contributed by atoms with van der Waals surface area (Å²) in [6.45, 7) is 5.08. The van der Waals surface area contributed by atoms with Crippen LogP contribution in [0.3, 0.4) is 0 Å². The zero-order valence-corrected chi connectivity index (χ0v) is 16.5. The summed E-state index contributed by atoms with van der Waals surface area (Å²) in [5.74, 6) is 0.914. The number of unbranched alkanes of at least 4 members (excludes halogenated alkanes) is 5. The minimum Gasteiger partial charge on any atom is -0.490 e. The Morgan fingerprint density at radius 1 is 0.960 bits per heavy atom. The third-order valence-corrected chi connectivity index (χ3v) is 5.26. The lowest BCUT2D eigenvalue weighted by Gasteiger charge is -2.03. The van der Waals surface area contributed by atoms with Crippen molar-refractivity contribution in [1.82, 2.24) is 4.98 Å². The molecule has 0 aliphatic carbocycles. The number of aromatic nitrogens is 1. The zero-order valence-electron chi connectivity index (χ0n) is 15.7. The zero-order chi connectivity index (χ0) is 17.7. The van der Waals surface area contributed by atoms with Gasteiger partial charge in [-0.2, -0.15) is 0 Å². The van der Waals surface area contributed by atoms with Crippen LogP contribution in [0.4, 0.5) is 0 Å². The molecule has 1 heterocycles. The molecule has 0 N–H and O–H groups in total. The van der Waals surface area contributed by atoms with E-state index in [1.54, 1.807) is 0 Å². The molecule has 0 unspecified atom stereocenters. The monoisotopic (exact) mass is 357 g/mol. The first-order chi connectivity index (χ1) is 12.3. The van der Waals surface area contributed by atoms with Crippen LogP contribution in [0.1, 0.15) is 63.7 Å². The van der Waals surface area contributed by atoms with Crippen molar-refractivity contribution in [3.63, 3.8) is 0 Å². The molecular formula is C22H31NOS. The van der Waals surface area contributed by atoms with Gasteiger partial charge in [0.15, 0.2) is 0 Å². The highest BCUT2D eigenvalue weighted by molar-refractivity contribution is 7.15. The molecule has 2 aromatic rings. The van der Waals surface area contributed by atoms with Gasteiger partial charge in [0.2, 0.25) is 0 Å². The van der Waals surface area contributed by atoms with Crippen LogP contribution >= 0.6 is 11.3 Å². The van der Waals surface area contributed by atoms with Crippen LogP contribution in [0.2, 0.25) is 0 Å². The number of ether oxygens (including phenoxy) is 1. The Morgan fingerprint density at radius 2 is 1.76 bits per heavy atom. The lowest BCUT2D eigenvalue weighted by molar-refractivity contribution is 0.362. The Kier molecular flexibility index (Phi) is 9.35. The van der Waals surface area contributed by atoms with E-state index in [1.807, 2.05) is 29.7 Å². The summed E-state index contributed by atoms with van der Waals surface area (Å²) in [5, 5.41) is 1.11. The van der Waals surface area contributed by atoms with Gasteiger partial charge < -0.3 is 4.74 Å². The second-order valence-electron chi connectivity index (χ2n) is 6.39. The second-order valence-corrected chi connectivity index (χ2v) is 7.51. The fraction of sp³-hybridized carbons (Fsp3) is 0.500. The molecule has 3 heteroatoms. The van der Waals surface area contributed by atoms with Crippen molar-refractivity contribution >= 4 is 11.3 Å². The predicted octanol–water partition coefficient (Wildman–Crippen LogP) is 7.06. The third-order valence-electron chi connectivity index (χ3n) is 4.15. The third kappa shape index (κ3) is 7.43. The topological polar surface area (TPSA) is 22.1 Å². The largest absolute Gasteiger partial charge is 0.490 e. The van der Waals surface area contributed by atoms with Crippen molar-refractivity contribution in [1.29, 1.82) is 0 Å². The molecule has 0 bridgehead atoms. The molecule has 0 saturated carbocycles. The smallest absolute Gasteiger partial charge is 0.123 e. The molecule has 0 amide bonds. The van der Waals surface area contributed by atoms with E-state index in [0.717, 1.165) is 23.6 Å². The van der Waals surface area contributed by atoms with E-state index in [2.05, 4.69) is 43.1 Å². The summed E-state index contributed by atoms with van der Waals surface area (Å²) in [6, 6.07) is 8.29. The van der Waals surface area contributed by atoms with Crippen molar-refractivity contribution in [3.8, 4) is 16.3 Å². The molecule has 0 atom stereocenters. The number of hydrogen-bond donors (Lipinski definition) is 0. The summed E-state index contributed by atoms with van der Waals surface area (Å²) >= 11 is 1.82. The fourth-order valence-corrected chi connectivity index (χ4v) is 3.61. The van der Waals surface area contributed by atoms with Gasteiger partial charge in [-0.25, -0.2) is 4.98 Å². The normalized spacial score (nSPS) is 11.3. The van der Waals surface area contributed by atoms with Gasteiger partial charge in [0.1, 0.15) is 17.4 Å². The maximum absolute atomic E-state index is 5.73. The number of nitrogens with zero attached hydrogens (tertiary/aromatic N) is 1. The fourth-order valence-electron chi connectivity index (χ4n) is 2.65. The Labute approximate surface area is 157 Å². The number of aryl methyl sites for hydroxylation is 1. The first-order valence-corrected chi connectivity index (χ1v) is 10.5. The SMILES string of the molecule is CCC/C=C/COc1ccc(-c2ncc(CCCCCCC)s2)cc1. The maximum atomic E-state index is 5.73. The second kappa shape index (κ2) is 11.9. The summed E-state index contributed by atoms with van der Waals surface area (Å²) in [6.07, 6.45) is 16.4. The molecule has 2 nitrogen and oxygen atoms in total. The van der Waals surface area contributed by atoms with E-state index in [9.17, 15) is 0 Å². The summed E-state index contributed by atoms with van der Waals surface area (Å²) in [7, 11) is 0. The predicted molar refractivity (Wildman–Crippen MR) is 110 cm³/mol. The highest BCUT2D eigenvalue weighted by Gasteiger charge is 2.05. The van der Waals surface area contributed by atoms with Gasteiger partial charge in [0.05, 0.1) is 0 Å². The average Bonchev–Trinajstić information content (AvgIpc) is 3.11. The van der Waals surface area contributed by atoms with E-state index >= 15 is 0 Å². The Balaban J connectivity index is 1.79. The number of hydrogen-bond acceptors (Lipinski definition) is 3. The quantitative estimate of drug-likeness (QED) is 0.300. The van der Waals surface area contributed by atoms with Crippen molar-refractivity contribution in [2.45, 2.75) is 65.2 Å². The van der Waals surface area contributed by atoms with Crippen molar-refractivity contribution < 1.29 is 4.74 Å². The van der Waals surface area contributed by atoms with Crippen LogP contribution in [-0.2, 0) is 6.42 Å². The number of benzene rings is 1. The van der Waals surface area contributed by atoms with Crippen LogP contribution in [0.15, 0.2) is 42.6 Å². The van der Waals surface area contributed by atoms with Crippen LogP contribution in [0, 0.1) is 0 Å². The first-order valence-electron chi connectivity index (χ1n) is 9.66. The highest BCUT2D eigenvalue weighted by Crippen LogP contribution is 2.27. The van der Waals surface area contributed by atoms with E-state index in [0.29, 0.717) is 6.61 Å². The van der Waals surface area contributed by atoms with Crippen LogP contribution < -0.4 is 4.74 Å². The molecular weight excluding hydrogens is 326 g/mol. The molecule has 0 radical (unpaired) electrons. The van der Waals surface area contributed by atoms with Crippen LogP contribution in [0.5, 0.6) is 5.75 Å². The Hall–Kier alpha value is -1.61. The average molecular weight is 358 g/mol. The Bertz CT molecular complexity index is 615. The van der Waals surface area contributed by atoms with Gasteiger partial charge in [-0.05, 0) is 43.5 Å². The summed E-state index contributed by atoms with van der Waals surface area (Å²) < 4.78 is 5.73. The van der Waals surface area contributed by atoms with Crippen molar-refractivity contribution in [2.75, 3.05) is 6.61 Å². The molecule has 0 fully saturated rings. The number of thiazole rings is 1. The van der Waals surface area contributed by atoms with Gasteiger partial charge in [-0.3, -0.25) is 0 Å². The van der Waals surface area contributed by atoms with Gasteiger partial charge in [-0.15, -0.1) is 11.3 Å². The first kappa shape index (κ1) is 19.7.